The van der Waals surface area contributed by atoms with Crippen LogP contribution in [0, 0.1) is 11.8 Å². The Bertz CT molecular complexity index is 1170. The molecule has 1 heterocycles. The molecule has 0 fully saturated rings. The number of benzene rings is 2. The standard InChI is InChI=1S/C25H25BrO6/c1-4-15(2)18(25(29)30-3)12-19(27)23-13-20(28)24-21(6-5-7-22(24)32-23)31-14-16-8-10-17(26)11-9-16/h5-11,13,15,18H,4,12,14H2,1-3H3/t15?,18-/m0/s1. The number of fused-ring (bicyclic) bond motifs is 1. The van der Waals surface area contributed by atoms with Crippen LogP contribution in [0.5, 0.6) is 5.75 Å². The molecule has 0 amide bonds. The third kappa shape index (κ3) is 5.46. The van der Waals surface area contributed by atoms with E-state index in [1.54, 1.807) is 18.2 Å². The normalized spacial score (nSPS) is 12.9. The number of carbonyl (C=O) groups excluding carboxylic acids is 2. The largest absolute Gasteiger partial charge is 0.488 e. The molecule has 168 valence electrons. The molecule has 7 heteroatoms. The fourth-order valence-corrected chi connectivity index (χ4v) is 3.69. The third-order valence-corrected chi connectivity index (χ3v) is 6.07. The highest BCUT2D eigenvalue weighted by molar-refractivity contribution is 9.10. The summed E-state index contributed by atoms with van der Waals surface area (Å²) in [6, 6.07) is 13.8. The van der Waals surface area contributed by atoms with Crippen LogP contribution in [0.25, 0.3) is 11.0 Å². The zero-order chi connectivity index (χ0) is 23.3. The van der Waals surface area contributed by atoms with Gasteiger partial charge in [-0.05, 0) is 35.7 Å². The highest BCUT2D eigenvalue weighted by Gasteiger charge is 2.29. The van der Waals surface area contributed by atoms with Crippen molar-refractivity contribution in [3.05, 3.63) is 74.6 Å². The molecule has 32 heavy (non-hydrogen) atoms. The van der Waals surface area contributed by atoms with E-state index in [0.29, 0.717) is 12.2 Å². The first kappa shape index (κ1) is 23.7. The predicted molar refractivity (Wildman–Crippen MR) is 125 cm³/mol. The van der Waals surface area contributed by atoms with Crippen LogP contribution >= 0.6 is 15.9 Å². The highest BCUT2D eigenvalue weighted by Crippen LogP contribution is 2.27. The SMILES string of the molecule is CCC(C)[C@H](CC(=O)c1cc(=O)c2c(OCc3ccc(Br)cc3)cccc2o1)C(=O)OC. The lowest BCUT2D eigenvalue weighted by Crippen LogP contribution is -2.26. The summed E-state index contributed by atoms with van der Waals surface area (Å²) in [5.41, 5.74) is 0.826. The molecule has 2 atom stereocenters. The lowest BCUT2D eigenvalue weighted by atomic mass is 9.87. The Kier molecular flexibility index (Phi) is 7.85. The van der Waals surface area contributed by atoms with Gasteiger partial charge in [0.1, 0.15) is 23.3 Å². The van der Waals surface area contributed by atoms with E-state index in [4.69, 9.17) is 13.9 Å². The van der Waals surface area contributed by atoms with Gasteiger partial charge in [-0.1, -0.05) is 54.4 Å². The molecule has 0 saturated heterocycles. The van der Waals surface area contributed by atoms with Crippen molar-refractivity contribution >= 4 is 38.7 Å². The number of rotatable bonds is 9. The van der Waals surface area contributed by atoms with Gasteiger partial charge in [-0.25, -0.2) is 0 Å². The minimum Gasteiger partial charge on any atom is -0.488 e. The van der Waals surface area contributed by atoms with Gasteiger partial charge in [0.25, 0.3) is 0 Å². The number of hydrogen-bond acceptors (Lipinski definition) is 6. The lowest BCUT2D eigenvalue weighted by Gasteiger charge is -2.19. The van der Waals surface area contributed by atoms with E-state index in [1.165, 1.54) is 13.2 Å². The second-order valence-electron chi connectivity index (χ2n) is 7.66. The summed E-state index contributed by atoms with van der Waals surface area (Å²) in [5.74, 6) is -1.20. The fraction of sp³-hybridized carbons (Fsp3) is 0.320. The Labute approximate surface area is 194 Å². The molecule has 2 aromatic carbocycles. The summed E-state index contributed by atoms with van der Waals surface area (Å²) < 4.78 is 17.4. The van der Waals surface area contributed by atoms with Gasteiger partial charge >= 0.3 is 5.97 Å². The van der Waals surface area contributed by atoms with E-state index in [2.05, 4.69) is 15.9 Å². The number of hydrogen-bond donors (Lipinski definition) is 0. The maximum absolute atomic E-state index is 12.9. The van der Waals surface area contributed by atoms with Crippen molar-refractivity contribution in [1.29, 1.82) is 0 Å². The Morgan fingerprint density at radius 2 is 1.84 bits per heavy atom. The molecule has 1 aromatic heterocycles. The average Bonchev–Trinajstić information content (AvgIpc) is 2.80. The summed E-state index contributed by atoms with van der Waals surface area (Å²) in [7, 11) is 1.30. The van der Waals surface area contributed by atoms with E-state index in [1.807, 2.05) is 38.1 Å². The van der Waals surface area contributed by atoms with E-state index in [9.17, 15) is 14.4 Å². The predicted octanol–water partition coefficient (Wildman–Crippen LogP) is 5.54. The second-order valence-corrected chi connectivity index (χ2v) is 8.58. The van der Waals surface area contributed by atoms with Gasteiger partial charge in [0, 0.05) is 17.0 Å². The minimum atomic E-state index is -0.598. The van der Waals surface area contributed by atoms with Crippen molar-refractivity contribution < 1.29 is 23.5 Å². The molecule has 6 nitrogen and oxygen atoms in total. The molecule has 0 N–H and O–H groups in total. The van der Waals surface area contributed by atoms with E-state index in [-0.39, 0.29) is 41.1 Å². The molecule has 3 rings (SSSR count). The van der Waals surface area contributed by atoms with Gasteiger partial charge < -0.3 is 13.9 Å². The Hall–Kier alpha value is -2.93. The maximum Gasteiger partial charge on any atom is 0.309 e. The molecule has 3 aromatic rings. The second kappa shape index (κ2) is 10.6. The van der Waals surface area contributed by atoms with E-state index >= 15 is 0 Å². The molecule has 0 radical (unpaired) electrons. The van der Waals surface area contributed by atoms with Crippen LogP contribution in [0.15, 0.2) is 62.2 Å². The first-order valence-corrected chi connectivity index (χ1v) is 11.2. The van der Waals surface area contributed by atoms with Crippen LogP contribution in [0.2, 0.25) is 0 Å². The van der Waals surface area contributed by atoms with Gasteiger partial charge in [0.2, 0.25) is 0 Å². The molecular formula is C25H25BrO6. The Balaban J connectivity index is 1.86. The summed E-state index contributed by atoms with van der Waals surface area (Å²) >= 11 is 3.39. The smallest absolute Gasteiger partial charge is 0.309 e. The Morgan fingerprint density at radius 3 is 2.50 bits per heavy atom. The van der Waals surface area contributed by atoms with Crippen molar-refractivity contribution in [2.45, 2.75) is 33.3 Å². The summed E-state index contributed by atoms with van der Waals surface area (Å²) in [6.07, 6.45) is 0.629. The van der Waals surface area contributed by atoms with E-state index < -0.39 is 17.7 Å². The molecule has 0 saturated carbocycles. The zero-order valence-electron chi connectivity index (χ0n) is 18.2. The van der Waals surface area contributed by atoms with Crippen LogP contribution in [-0.4, -0.2) is 18.9 Å². The maximum atomic E-state index is 12.9. The average molecular weight is 501 g/mol. The van der Waals surface area contributed by atoms with Crippen molar-refractivity contribution in [3.8, 4) is 5.75 Å². The van der Waals surface area contributed by atoms with Crippen molar-refractivity contribution in [2.75, 3.05) is 7.11 Å². The van der Waals surface area contributed by atoms with Crippen molar-refractivity contribution in [2.24, 2.45) is 11.8 Å². The summed E-state index contributed by atoms with van der Waals surface area (Å²) in [4.78, 5) is 37.8. The van der Waals surface area contributed by atoms with Gasteiger partial charge in [-0.2, -0.15) is 0 Å². The van der Waals surface area contributed by atoms with Crippen LogP contribution < -0.4 is 10.2 Å². The number of esters is 1. The number of ether oxygens (including phenoxy) is 2. The molecule has 0 aliphatic rings. The molecule has 0 spiro atoms. The van der Waals surface area contributed by atoms with Crippen molar-refractivity contribution in [1.82, 2.24) is 0 Å². The van der Waals surface area contributed by atoms with Crippen LogP contribution in [0.1, 0.15) is 42.8 Å². The Morgan fingerprint density at radius 1 is 1.12 bits per heavy atom. The summed E-state index contributed by atoms with van der Waals surface area (Å²) in [6.45, 7) is 4.11. The zero-order valence-corrected chi connectivity index (χ0v) is 19.8. The van der Waals surface area contributed by atoms with Crippen LogP contribution in [0.4, 0.5) is 0 Å². The topological polar surface area (TPSA) is 82.8 Å². The van der Waals surface area contributed by atoms with E-state index in [0.717, 1.165) is 10.0 Å². The monoisotopic (exact) mass is 500 g/mol. The molecule has 1 unspecified atom stereocenters. The number of Topliss-reactive ketones (excluding diaryl/α,β-unsaturated/α-hetero) is 1. The summed E-state index contributed by atoms with van der Waals surface area (Å²) in [5, 5.41) is 0.271. The first-order valence-electron chi connectivity index (χ1n) is 10.4. The number of carbonyl (C=O) groups is 2. The third-order valence-electron chi connectivity index (χ3n) is 5.54. The highest BCUT2D eigenvalue weighted by atomic mass is 79.9. The number of methoxy groups -OCH3 is 1. The molecule has 0 bridgehead atoms. The number of ketones is 1. The molecule has 0 aliphatic heterocycles. The van der Waals surface area contributed by atoms with Gasteiger partial charge in [0.05, 0.1) is 13.0 Å². The minimum absolute atomic E-state index is 0.0443. The molecule has 0 aliphatic carbocycles. The van der Waals surface area contributed by atoms with Gasteiger partial charge in [-0.15, -0.1) is 0 Å². The first-order chi connectivity index (χ1) is 15.3. The number of halogens is 1. The van der Waals surface area contributed by atoms with Crippen molar-refractivity contribution in [3.63, 3.8) is 0 Å². The van der Waals surface area contributed by atoms with Gasteiger partial charge in [-0.3, -0.25) is 14.4 Å². The van der Waals surface area contributed by atoms with Gasteiger partial charge in [0.15, 0.2) is 17.0 Å². The fourth-order valence-electron chi connectivity index (χ4n) is 3.43. The quantitative estimate of drug-likeness (QED) is 0.283. The lowest BCUT2D eigenvalue weighted by molar-refractivity contribution is -0.147. The van der Waals surface area contributed by atoms with Crippen LogP contribution in [0.3, 0.4) is 0 Å². The van der Waals surface area contributed by atoms with Crippen LogP contribution in [-0.2, 0) is 16.1 Å². The molecular weight excluding hydrogens is 476 g/mol.